The first-order valence-corrected chi connectivity index (χ1v) is 15.5. The number of anilines is 1. The Bertz CT molecular complexity index is 1830. The van der Waals surface area contributed by atoms with E-state index in [9.17, 15) is 14.4 Å². The zero-order chi connectivity index (χ0) is 32.6. The van der Waals surface area contributed by atoms with Crippen molar-refractivity contribution in [1.82, 2.24) is 14.7 Å². The van der Waals surface area contributed by atoms with Crippen LogP contribution in [0.5, 0.6) is 11.5 Å². The van der Waals surface area contributed by atoms with Crippen LogP contribution in [0.2, 0.25) is 10.0 Å². The van der Waals surface area contributed by atoms with Crippen molar-refractivity contribution in [3.8, 4) is 39.6 Å². The monoisotopic (exact) mass is 662 g/mol. The molecule has 6 rings (SSSR count). The van der Waals surface area contributed by atoms with E-state index in [-0.39, 0.29) is 37.0 Å². The van der Waals surface area contributed by atoms with Crippen molar-refractivity contribution in [2.75, 3.05) is 32.2 Å². The Morgan fingerprint density at radius 2 is 1.87 bits per heavy atom. The molecule has 0 spiro atoms. The highest BCUT2D eigenvalue weighted by Gasteiger charge is 2.39. The lowest BCUT2D eigenvalue weighted by atomic mass is 9.95. The van der Waals surface area contributed by atoms with Gasteiger partial charge in [0.25, 0.3) is 5.91 Å². The van der Waals surface area contributed by atoms with Gasteiger partial charge >= 0.3 is 0 Å². The van der Waals surface area contributed by atoms with E-state index >= 15 is 0 Å². The van der Waals surface area contributed by atoms with Crippen LogP contribution < -0.4 is 14.8 Å². The number of aromatic nitrogens is 2. The molecule has 12 heteroatoms. The van der Waals surface area contributed by atoms with Crippen molar-refractivity contribution in [2.24, 2.45) is 0 Å². The second-order valence-corrected chi connectivity index (χ2v) is 12.6. The number of benzene rings is 3. The minimum Gasteiger partial charge on any atom is -0.496 e. The van der Waals surface area contributed by atoms with Gasteiger partial charge in [-0.1, -0.05) is 35.3 Å². The molecule has 0 saturated carbocycles. The van der Waals surface area contributed by atoms with E-state index in [1.54, 1.807) is 47.0 Å². The van der Waals surface area contributed by atoms with Crippen LogP contribution in [0.4, 0.5) is 5.69 Å². The zero-order valence-corrected chi connectivity index (χ0v) is 27.1. The van der Waals surface area contributed by atoms with Crippen LogP contribution in [0.1, 0.15) is 42.7 Å². The van der Waals surface area contributed by atoms with E-state index in [1.807, 2.05) is 38.1 Å². The number of rotatable bonds is 8. The lowest BCUT2D eigenvalue weighted by molar-refractivity contribution is -0.118. The normalized spacial score (nSPS) is 14.9. The number of methoxy groups -OCH3 is 1. The fraction of sp³-hybridized carbons (Fsp3) is 0.294. The predicted molar refractivity (Wildman–Crippen MR) is 175 cm³/mol. The zero-order valence-electron chi connectivity index (χ0n) is 25.6. The largest absolute Gasteiger partial charge is 0.496 e. The molecule has 3 heterocycles. The number of nitrogens with zero attached hydrogens (tertiary/aromatic N) is 3. The third kappa shape index (κ3) is 6.08. The number of fused-ring (bicyclic) bond motifs is 3. The topological polar surface area (TPSA) is 112 Å². The van der Waals surface area contributed by atoms with Gasteiger partial charge in [-0.15, -0.1) is 0 Å². The Morgan fingerprint density at radius 3 is 2.59 bits per heavy atom. The standard InChI is InChI=1S/C34H32Cl2N4O6/c1-34(2)19-45-11-9-39(34)33(43)31-27-18-46-29-17-28(44-3)25(20-6-4-7-23(12-20)37-30(42)8-5-10-41)16-26(29)32(27)40(38-31)24-14-21(35)13-22(36)15-24/h4,6-7,10,12-17H,5,8-9,11,18-19H2,1-3H3,(H,37,42). The quantitative estimate of drug-likeness (QED) is 0.212. The van der Waals surface area contributed by atoms with Gasteiger partial charge in [-0.05, 0) is 55.8 Å². The fourth-order valence-electron chi connectivity index (χ4n) is 5.83. The Morgan fingerprint density at radius 1 is 1.09 bits per heavy atom. The number of morpholine rings is 1. The highest BCUT2D eigenvalue weighted by molar-refractivity contribution is 6.34. The van der Waals surface area contributed by atoms with Crippen molar-refractivity contribution >= 4 is 47.0 Å². The van der Waals surface area contributed by atoms with Crippen LogP contribution in [-0.4, -0.2) is 65.2 Å². The van der Waals surface area contributed by atoms with Crippen LogP contribution in [0, 0.1) is 0 Å². The maximum atomic E-state index is 14.2. The lowest BCUT2D eigenvalue weighted by Crippen LogP contribution is -2.55. The number of amides is 2. The molecular formula is C34H32Cl2N4O6. The summed E-state index contributed by atoms with van der Waals surface area (Å²) in [5.41, 5.74) is 4.35. The molecule has 2 aliphatic heterocycles. The van der Waals surface area contributed by atoms with Crippen molar-refractivity contribution in [1.29, 1.82) is 0 Å². The van der Waals surface area contributed by atoms with Crippen molar-refractivity contribution in [2.45, 2.75) is 38.8 Å². The van der Waals surface area contributed by atoms with Crippen LogP contribution in [0.25, 0.3) is 28.1 Å². The molecule has 2 aliphatic rings. The third-order valence-corrected chi connectivity index (χ3v) is 8.48. The van der Waals surface area contributed by atoms with Crippen molar-refractivity contribution in [3.05, 3.63) is 75.9 Å². The van der Waals surface area contributed by atoms with Crippen molar-refractivity contribution in [3.63, 3.8) is 0 Å². The summed E-state index contributed by atoms with van der Waals surface area (Å²) < 4.78 is 19.4. The molecule has 1 N–H and O–H groups in total. The highest BCUT2D eigenvalue weighted by Crippen LogP contribution is 2.47. The number of nitrogens with one attached hydrogen (secondary N) is 1. The molecule has 1 saturated heterocycles. The molecule has 3 aromatic carbocycles. The van der Waals surface area contributed by atoms with Gasteiger partial charge in [-0.3, -0.25) is 9.59 Å². The summed E-state index contributed by atoms with van der Waals surface area (Å²) in [5.74, 6) is 0.612. The number of carbonyl (C=O) groups excluding carboxylic acids is 3. The number of carbonyl (C=O) groups is 3. The molecule has 238 valence electrons. The predicted octanol–water partition coefficient (Wildman–Crippen LogP) is 6.58. The Hall–Kier alpha value is -4.38. The van der Waals surface area contributed by atoms with Gasteiger partial charge in [-0.2, -0.15) is 5.10 Å². The molecule has 0 unspecified atom stereocenters. The third-order valence-electron chi connectivity index (χ3n) is 8.04. The molecule has 0 atom stereocenters. The molecule has 2 amide bonds. The van der Waals surface area contributed by atoms with Gasteiger partial charge in [0, 0.05) is 57.9 Å². The first kappa shape index (κ1) is 31.6. The summed E-state index contributed by atoms with van der Waals surface area (Å²) in [6.45, 7) is 5.30. The molecular weight excluding hydrogens is 631 g/mol. The minimum atomic E-state index is -0.535. The van der Waals surface area contributed by atoms with Crippen LogP contribution in [0.3, 0.4) is 0 Å². The van der Waals surface area contributed by atoms with Gasteiger partial charge < -0.3 is 29.2 Å². The molecule has 1 fully saturated rings. The Kier molecular flexibility index (Phi) is 8.78. The molecule has 10 nitrogen and oxygen atoms in total. The van der Waals surface area contributed by atoms with Gasteiger partial charge in [0.15, 0.2) is 5.69 Å². The van der Waals surface area contributed by atoms with E-state index in [0.717, 1.165) is 11.1 Å². The summed E-state index contributed by atoms with van der Waals surface area (Å²) in [6.07, 6.45) is 0.953. The van der Waals surface area contributed by atoms with Crippen LogP contribution in [-0.2, 0) is 20.9 Å². The molecule has 0 radical (unpaired) electrons. The number of hydrogen-bond donors (Lipinski definition) is 1. The van der Waals surface area contributed by atoms with Gasteiger partial charge in [0.2, 0.25) is 5.91 Å². The van der Waals surface area contributed by atoms with E-state index < -0.39 is 5.54 Å². The summed E-state index contributed by atoms with van der Waals surface area (Å²) in [6, 6.07) is 16.2. The maximum absolute atomic E-state index is 14.2. The Balaban J connectivity index is 1.51. The number of hydrogen-bond acceptors (Lipinski definition) is 7. The number of halogens is 2. The average Bonchev–Trinajstić information content (AvgIpc) is 3.42. The van der Waals surface area contributed by atoms with E-state index in [0.29, 0.717) is 75.8 Å². The van der Waals surface area contributed by atoms with Gasteiger partial charge in [0.05, 0.1) is 37.2 Å². The van der Waals surface area contributed by atoms with E-state index in [1.165, 1.54) is 0 Å². The fourth-order valence-corrected chi connectivity index (χ4v) is 6.35. The second-order valence-electron chi connectivity index (χ2n) is 11.7. The van der Waals surface area contributed by atoms with Crippen LogP contribution >= 0.6 is 23.2 Å². The SMILES string of the molecule is COc1cc2c(cc1-c1cccc(NC(=O)CCC=O)c1)-c1c(c(C(=O)N3CCOCC3(C)C)nn1-c1cc(Cl)cc(Cl)c1)CO2. The van der Waals surface area contributed by atoms with Crippen LogP contribution in [0.15, 0.2) is 54.6 Å². The first-order chi connectivity index (χ1) is 22.1. The Labute approximate surface area is 276 Å². The summed E-state index contributed by atoms with van der Waals surface area (Å²) in [4.78, 5) is 39.0. The van der Waals surface area contributed by atoms with E-state index in [2.05, 4.69) is 5.32 Å². The second kappa shape index (κ2) is 12.8. The molecule has 0 bridgehead atoms. The van der Waals surface area contributed by atoms with E-state index in [4.69, 9.17) is 42.5 Å². The summed E-state index contributed by atoms with van der Waals surface area (Å²) >= 11 is 12.9. The van der Waals surface area contributed by atoms with Crippen molar-refractivity contribution < 1.29 is 28.6 Å². The minimum absolute atomic E-state index is 0.0935. The first-order valence-electron chi connectivity index (χ1n) is 14.8. The summed E-state index contributed by atoms with van der Waals surface area (Å²) in [5, 5.41) is 8.57. The molecule has 4 aromatic rings. The lowest BCUT2D eigenvalue weighted by Gasteiger charge is -2.41. The number of ether oxygens (including phenoxy) is 3. The highest BCUT2D eigenvalue weighted by atomic mass is 35.5. The maximum Gasteiger partial charge on any atom is 0.275 e. The van der Waals surface area contributed by atoms with Gasteiger partial charge in [0.1, 0.15) is 24.4 Å². The smallest absolute Gasteiger partial charge is 0.275 e. The number of aldehydes is 1. The molecule has 1 aromatic heterocycles. The van der Waals surface area contributed by atoms with Gasteiger partial charge in [-0.25, -0.2) is 4.68 Å². The average molecular weight is 664 g/mol. The molecule has 0 aliphatic carbocycles. The molecule has 46 heavy (non-hydrogen) atoms. The summed E-state index contributed by atoms with van der Waals surface area (Å²) in [7, 11) is 1.57.